The number of rotatable bonds is 1. The van der Waals surface area contributed by atoms with Crippen molar-refractivity contribution in [3.63, 3.8) is 0 Å². The molecule has 1 aromatic carbocycles. The molecular formula is C10H10BrNO2. The van der Waals surface area contributed by atoms with Gasteiger partial charge in [0.1, 0.15) is 6.10 Å². The van der Waals surface area contributed by atoms with E-state index in [1.165, 1.54) is 0 Å². The van der Waals surface area contributed by atoms with Gasteiger partial charge in [0.05, 0.1) is 6.54 Å². The van der Waals surface area contributed by atoms with E-state index in [1.807, 2.05) is 24.3 Å². The van der Waals surface area contributed by atoms with E-state index in [0.717, 1.165) is 10.0 Å². The molecule has 4 heteroatoms. The highest BCUT2D eigenvalue weighted by molar-refractivity contribution is 9.10. The molecule has 1 aliphatic heterocycles. The van der Waals surface area contributed by atoms with Crippen LogP contribution in [0.5, 0.6) is 0 Å². The van der Waals surface area contributed by atoms with Crippen molar-refractivity contribution in [3.8, 4) is 0 Å². The van der Waals surface area contributed by atoms with Crippen LogP contribution in [0.25, 0.3) is 0 Å². The fraction of sp³-hybridized carbons (Fsp3) is 0.300. The van der Waals surface area contributed by atoms with Crippen LogP contribution in [0, 0.1) is 0 Å². The van der Waals surface area contributed by atoms with Crippen molar-refractivity contribution in [1.29, 1.82) is 0 Å². The first kappa shape index (κ1) is 9.52. The molecule has 14 heavy (non-hydrogen) atoms. The zero-order valence-electron chi connectivity index (χ0n) is 7.74. The van der Waals surface area contributed by atoms with E-state index < -0.39 is 0 Å². The predicted octanol–water partition coefficient (Wildman–Crippen LogP) is 2.57. The number of halogens is 1. The van der Waals surface area contributed by atoms with Gasteiger partial charge in [0.25, 0.3) is 0 Å². The maximum Gasteiger partial charge on any atom is 0.410 e. The van der Waals surface area contributed by atoms with Gasteiger partial charge in [0.15, 0.2) is 0 Å². The van der Waals surface area contributed by atoms with Crippen LogP contribution in [0.15, 0.2) is 28.7 Å². The number of nitrogens with zero attached hydrogens (tertiary/aromatic N) is 1. The highest BCUT2D eigenvalue weighted by Crippen LogP contribution is 2.25. The van der Waals surface area contributed by atoms with Crippen LogP contribution in [0.3, 0.4) is 0 Å². The van der Waals surface area contributed by atoms with Crippen LogP contribution >= 0.6 is 15.9 Å². The van der Waals surface area contributed by atoms with E-state index in [4.69, 9.17) is 4.74 Å². The molecule has 74 valence electrons. The van der Waals surface area contributed by atoms with Crippen molar-refractivity contribution < 1.29 is 9.53 Å². The number of hydrogen-bond donors (Lipinski definition) is 0. The number of benzene rings is 1. The number of carbonyl (C=O) groups excluding carboxylic acids is 1. The van der Waals surface area contributed by atoms with Gasteiger partial charge in [-0.3, -0.25) is 0 Å². The number of likely N-dealkylation sites (N-methyl/N-ethyl adjacent to an activating group) is 1. The summed E-state index contributed by atoms with van der Waals surface area (Å²) in [7, 11) is 1.74. The third-order valence-electron chi connectivity index (χ3n) is 2.24. The molecule has 1 aromatic rings. The quantitative estimate of drug-likeness (QED) is 0.772. The minimum atomic E-state index is -0.252. The molecule has 1 fully saturated rings. The Hall–Kier alpha value is -1.03. The van der Waals surface area contributed by atoms with Crippen molar-refractivity contribution in [2.24, 2.45) is 0 Å². The lowest BCUT2D eigenvalue weighted by molar-refractivity contribution is 0.135. The summed E-state index contributed by atoms with van der Waals surface area (Å²) in [5, 5.41) is 0. The van der Waals surface area contributed by atoms with Gasteiger partial charge in [0, 0.05) is 11.5 Å². The number of hydrogen-bond acceptors (Lipinski definition) is 2. The summed E-state index contributed by atoms with van der Waals surface area (Å²) in [4.78, 5) is 12.7. The van der Waals surface area contributed by atoms with Crippen molar-refractivity contribution in [1.82, 2.24) is 4.90 Å². The lowest BCUT2D eigenvalue weighted by atomic mass is 10.1. The Morgan fingerprint density at radius 1 is 1.43 bits per heavy atom. The van der Waals surface area contributed by atoms with E-state index in [1.54, 1.807) is 11.9 Å². The Morgan fingerprint density at radius 2 is 2.07 bits per heavy atom. The maximum absolute atomic E-state index is 11.1. The van der Waals surface area contributed by atoms with Gasteiger partial charge >= 0.3 is 6.09 Å². The van der Waals surface area contributed by atoms with E-state index in [2.05, 4.69) is 15.9 Å². The monoisotopic (exact) mass is 255 g/mol. The number of cyclic esters (lactones) is 1. The molecule has 1 atom stereocenters. The first-order valence-electron chi connectivity index (χ1n) is 4.34. The van der Waals surface area contributed by atoms with Gasteiger partial charge in [-0.25, -0.2) is 4.79 Å². The van der Waals surface area contributed by atoms with Gasteiger partial charge in [-0.2, -0.15) is 0 Å². The van der Waals surface area contributed by atoms with Crippen LogP contribution in [0.1, 0.15) is 11.7 Å². The van der Waals surface area contributed by atoms with E-state index >= 15 is 0 Å². The van der Waals surface area contributed by atoms with Crippen LogP contribution in [-0.4, -0.2) is 24.6 Å². The number of amides is 1. The van der Waals surface area contributed by atoms with Crippen molar-refractivity contribution in [2.45, 2.75) is 6.10 Å². The van der Waals surface area contributed by atoms with Crippen molar-refractivity contribution in [3.05, 3.63) is 34.3 Å². The van der Waals surface area contributed by atoms with Crippen LogP contribution < -0.4 is 0 Å². The highest BCUT2D eigenvalue weighted by Gasteiger charge is 2.29. The van der Waals surface area contributed by atoms with Gasteiger partial charge in [-0.15, -0.1) is 0 Å². The first-order chi connectivity index (χ1) is 6.66. The van der Waals surface area contributed by atoms with E-state index in [0.29, 0.717) is 6.54 Å². The Balaban J connectivity index is 2.17. The molecule has 1 saturated heterocycles. The van der Waals surface area contributed by atoms with Crippen molar-refractivity contribution >= 4 is 22.0 Å². The third kappa shape index (κ3) is 1.75. The molecule has 0 N–H and O–H groups in total. The lowest BCUT2D eigenvalue weighted by Gasteiger charge is -2.07. The van der Waals surface area contributed by atoms with Gasteiger partial charge in [-0.1, -0.05) is 28.1 Å². The topological polar surface area (TPSA) is 29.5 Å². The zero-order chi connectivity index (χ0) is 10.1. The van der Waals surface area contributed by atoms with Gasteiger partial charge in [-0.05, 0) is 17.7 Å². The molecular weight excluding hydrogens is 246 g/mol. The summed E-state index contributed by atoms with van der Waals surface area (Å²) in [5.74, 6) is 0. The van der Waals surface area contributed by atoms with Crippen LogP contribution in [0.4, 0.5) is 4.79 Å². The summed E-state index contributed by atoms with van der Waals surface area (Å²) in [6.45, 7) is 0.625. The lowest BCUT2D eigenvalue weighted by Crippen LogP contribution is -2.17. The van der Waals surface area contributed by atoms with Crippen LogP contribution in [-0.2, 0) is 4.74 Å². The predicted molar refractivity (Wildman–Crippen MR) is 56.0 cm³/mol. The summed E-state index contributed by atoms with van der Waals surface area (Å²) in [6, 6.07) is 7.81. The molecule has 1 aliphatic rings. The molecule has 0 bridgehead atoms. The van der Waals surface area contributed by atoms with Crippen molar-refractivity contribution in [2.75, 3.05) is 13.6 Å². The molecule has 0 radical (unpaired) electrons. The normalized spacial score (nSPS) is 21.1. The third-order valence-corrected chi connectivity index (χ3v) is 2.76. The Bertz CT molecular complexity index is 350. The summed E-state index contributed by atoms with van der Waals surface area (Å²) < 4.78 is 6.20. The maximum atomic E-state index is 11.1. The summed E-state index contributed by atoms with van der Waals surface area (Å²) >= 11 is 3.36. The Kier molecular flexibility index (Phi) is 2.46. The highest BCUT2D eigenvalue weighted by atomic mass is 79.9. The van der Waals surface area contributed by atoms with E-state index in [9.17, 15) is 4.79 Å². The fourth-order valence-electron chi connectivity index (χ4n) is 1.42. The molecule has 3 nitrogen and oxygen atoms in total. The minimum Gasteiger partial charge on any atom is -0.439 e. The Morgan fingerprint density at radius 3 is 2.57 bits per heavy atom. The SMILES string of the molecule is CN1C[C@H](c2ccc(Br)cc2)OC1=O. The average molecular weight is 256 g/mol. The summed E-state index contributed by atoms with van der Waals surface area (Å²) in [5.41, 5.74) is 1.03. The zero-order valence-corrected chi connectivity index (χ0v) is 9.32. The number of ether oxygens (including phenoxy) is 1. The van der Waals surface area contributed by atoms with Gasteiger partial charge in [0.2, 0.25) is 0 Å². The Labute approximate surface area is 90.8 Å². The van der Waals surface area contributed by atoms with Crippen LogP contribution in [0.2, 0.25) is 0 Å². The second kappa shape index (κ2) is 3.61. The van der Waals surface area contributed by atoms with E-state index in [-0.39, 0.29) is 12.2 Å². The first-order valence-corrected chi connectivity index (χ1v) is 5.13. The second-order valence-electron chi connectivity index (χ2n) is 3.30. The molecule has 0 spiro atoms. The summed E-state index contributed by atoms with van der Waals surface area (Å²) in [6.07, 6.45) is -0.376. The standard InChI is InChI=1S/C10H10BrNO2/c1-12-6-9(14-10(12)13)7-2-4-8(11)5-3-7/h2-5,9H,6H2,1H3/t9-/m1/s1. The number of carbonyl (C=O) groups is 1. The molecule has 0 saturated carbocycles. The fourth-order valence-corrected chi connectivity index (χ4v) is 1.69. The molecule has 0 aliphatic carbocycles. The molecule has 1 amide bonds. The molecule has 1 heterocycles. The minimum absolute atomic E-state index is 0.124. The average Bonchev–Trinajstić information content (AvgIpc) is 2.48. The van der Waals surface area contributed by atoms with Gasteiger partial charge < -0.3 is 9.64 Å². The molecule has 2 rings (SSSR count). The smallest absolute Gasteiger partial charge is 0.410 e. The largest absolute Gasteiger partial charge is 0.439 e. The second-order valence-corrected chi connectivity index (χ2v) is 4.22. The molecule has 0 unspecified atom stereocenters. The molecule has 0 aromatic heterocycles.